The van der Waals surface area contributed by atoms with Gasteiger partial charge >= 0.3 is 5.97 Å². The zero-order chi connectivity index (χ0) is 20.5. The van der Waals surface area contributed by atoms with Gasteiger partial charge in [-0.05, 0) is 63.1 Å². The fourth-order valence-corrected chi connectivity index (χ4v) is 2.59. The highest BCUT2D eigenvalue weighted by Crippen LogP contribution is 2.20. The Balaban J connectivity index is 1.84. The Kier molecular flexibility index (Phi) is 7.75. The Bertz CT molecular complexity index is 829. The van der Waals surface area contributed by atoms with E-state index in [1.165, 1.54) is 13.8 Å². The van der Waals surface area contributed by atoms with Crippen molar-refractivity contribution >= 4 is 23.3 Å². The highest BCUT2D eigenvalue weighted by Gasteiger charge is 2.18. The van der Waals surface area contributed by atoms with Gasteiger partial charge in [0.2, 0.25) is 0 Å². The first kappa shape index (κ1) is 21.2. The van der Waals surface area contributed by atoms with Crippen molar-refractivity contribution in [1.82, 2.24) is 0 Å². The van der Waals surface area contributed by atoms with Crippen molar-refractivity contribution in [2.24, 2.45) is 0 Å². The maximum Gasteiger partial charge on any atom is 0.306 e. The fourth-order valence-electron chi connectivity index (χ4n) is 2.59. The lowest BCUT2D eigenvalue weighted by Crippen LogP contribution is -2.30. The van der Waals surface area contributed by atoms with Gasteiger partial charge in [0.15, 0.2) is 11.9 Å². The molecule has 0 bridgehead atoms. The van der Waals surface area contributed by atoms with Crippen LogP contribution >= 0.6 is 0 Å². The second kappa shape index (κ2) is 10.3. The number of Topliss-reactive ketones (excluding diaryl/α,β-unsaturated/α-hetero) is 1. The minimum Gasteiger partial charge on any atom is -0.494 e. The molecule has 0 spiro atoms. The number of hydrogen-bond acceptors (Lipinski definition) is 5. The number of hydrogen-bond donors (Lipinski definition) is 1. The van der Waals surface area contributed by atoms with Gasteiger partial charge < -0.3 is 14.8 Å². The molecule has 0 heterocycles. The summed E-state index contributed by atoms with van der Waals surface area (Å²) in [6, 6.07) is 14.0. The molecular weight excluding hydrogens is 358 g/mol. The topological polar surface area (TPSA) is 81.7 Å². The van der Waals surface area contributed by atoms with Crippen LogP contribution in [0.3, 0.4) is 0 Å². The predicted octanol–water partition coefficient (Wildman–Crippen LogP) is 3.79. The second-order valence-corrected chi connectivity index (χ2v) is 6.30. The van der Waals surface area contributed by atoms with E-state index in [0.29, 0.717) is 24.3 Å². The Hall–Kier alpha value is -3.15. The third-order valence-corrected chi connectivity index (χ3v) is 4.11. The summed E-state index contributed by atoms with van der Waals surface area (Å²) in [6.07, 6.45) is -0.313. The van der Waals surface area contributed by atoms with Crippen LogP contribution in [0.5, 0.6) is 5.75 Å². The molecule has 148 valence electrons. The molecule has 0 unspecified atom stereocenters. The van der Waals surface area contributed by atoms with E-state index in [0.717, 1.165) is 11.3 Å². The summed E-state index contributed by atoms with van der Waals surface area (Å²) < 4.78 is 10.8. The van der Waals surface area contributed by atoms with Crippen molar-refractivity contribution in [3.8, 4) is 5.75 Å². The molecule has 0 aliphatic rings. The van der Waals surface area contributed by atoms with Crippen molar-refractivity contribution in [2.45, 2.75) is 39.7 Å². The van der Waals surface area contributed by atoms with Crippen molar-refractivity contribution in [3.63, 3.8) is 0 Å². The van der Waals surface area contributed by atoms with Gasteiger partial charge in [-0.2, -0.15) is 0 Å². The number of ketones is 1. The van der Waals surface area contributed by atoms with E-state index in [1.807, 2.05) is 31.2 Å². The lowest BCUT2D eigenvalue weighted by molar-refractivity contribution is -0.153. The molecule has 0 fully saturated rings. The summed E-state index contributed by atoms with van der Waals surface area (Å²) in [4.78, 5) is 35.6. The first-order chi connectivity index (χ1) is 13.4. The molecule has 1 N–H and O–H groups in total. The van der Waals surface area contributed by atoms with E-state index in [2.05, 4.69) is 5.32 Å². The van der Waals surface area contributed by atoms with Crippen LogP contribution in [0.25, 0.3) is 0 Å². The van der Waals surface area contributed by atoms with Gasteiger partial charge in [-0.1, -0.05) is 18.2 Å². The fraction of sp³-hybridized carbons (Fsp3) is 0.318. The molecule has 0 saturated heterocycles. The molecule has 0 saturated carbocycles. The summed E-state index contributed by atoms with van der Waals surface area (Å²) in [5.41, 5.74) is 2.01. The molecule has 0 aliphatic heterocycles. The quantitative estimate of drug-likeness (QED) is 0.526. The van der Waals surface area contributed by atoms with Crippen LogP contribution in [0.15, 0.2) is 48.5 Å². The molecule has 6 nitrogen and oxygen atoms in total. The van der Waals surface area contributed by atoms with E-state index in [-0.39, 0.29) is 12.2 Å². The Morgan fingerprint density at radius 3 is 2.36 bits per heavy atom. The molecular formula is C22H25NO5. The van der Waals surface area contributed by atoms with Crippen LogP contribution in [-0.2, 0) is 20.7 Å². The largest absolute Gasteiger partial charge is 0.494 e. The molecule has 6 heteroatoms. The van der Waals surface area contributed by atoms with Crippen LogP contribution in [0.1, 0.15) is 43.1 Å². The minimum absolute atomic E-state index is 0.0499. The van der Waals surface area contributed by atoms with Gasteiger partial charge in [0.25, 0.3) is 5.91 Å². The molecule has 2 rings (SSSR count). The maximum atomic E-state index is 12.2. The minimum atomic E-state index is -0.929. The number of aryl methyl sites for hydroxylation is 1. The summed E-state index contributed by atoms with van der Waals surface area (Å²) in [7, 11) is 0. The number of nitrogens with one attached hydrogen (secondary N) is 1. The van der Waals surface area contributed by atoms with Gasteiger partial charge in [-0.3, -0.25) is 14.4 Å². The number of ether oxygens (including phenoxy) is 2. The lowest BCUT2D eigenvalue weighted by atomic mass is 10.1. The van der Waals surface area contributed by atoms with Crippen LogP contribution in [0.2, 0.25) is 0 Å². The molecule has 1 amide bonds. The van der Waals surface area contributed by atoms with E-state index in [1.54, 1.807) is 24.3 Å². The van der Waals surface area contributed by atoms with Gasteiger partial charge in [-0.15, -0.1) is 0 Å². The molecule has 0 radical (unpaired) electrons. The maximum absolute atomic E-state index is 12.2. The summed E-state index contributed by atoms with van der Waals surface area (Å²) in [5, 5.41) is 2.67. The number of amides is 1. The summed E-state index contributed by atoms with van der Waals surface area (Å²) in [5.74, 6) is -0.191. The van der Waals surface area contributed by atoms with Crippen molar-refractivity contribution in [2.75, 3.05) is 11.9 Å². The number of carbonyl (C=O) groups excluding carboxylic acids is 3. The number of para-hydroxylation sites is 1. The van der Waals surface area contributed by atoms with Crippen molar-refractivity contribution in [3.05, 3.63) is 59.7 Å². The van der Waals surface area contributed by atoms with Crippen molar-refractivity contribution in [1.29, 1.82) is 0 Å². The molecule has 0 aliphatic carbocycles. The highest BCUT2D eigenvalue weighted by molar-refractivity contribution is 5.97. The van der Waals surface area contributed by atoms with Crippen LogP contribution < -0.4 is 10.1 Å². The first-order valence-corrected chi connectivity index (χ1v) is 9.22. The zero-order valence-electron chi connectivity index (χ0n) is 16.4. The SMILES string of the molecule is CCOc1ccccc1CCC(=O)O[C@H](C)C(=O)Nc1ccc(C(C)=O)cc1. The monoisotopic (exact) mass is 383 g/mol. The average Bonchev–Trinajstić information content (AvgIpc) is 2.68. The first-order valence-electron chi connectivity index (χ1n) is 9.22. The second-order valence-electron chi connectivity index (χ2n) is 6.30. The number of benzene rings is 2. The zero-order valence-corrected chi connectivity index (χ0v) is 16.4. The Morgan fingerprint density at radius 2 is 1.71 bits per heavy atom. The Morgan fingerprint density at radius 1 is 1.04 bits per heavy atom. The number of anilines is 1. The van der Waals surface area contributed by atoms with Crippen LogP contribution in [0, 0.1) is 0 Å². The normalized spacial score (nSPS) is 11.4. The van der Waals surface area contributed by atoms with Crippen LogP contribution in [-0.4, -0.2) is 30.4 Å². The van der Waals surface area contributed by atoms with E-state index < -0.39 is 18.0 Å². The van der Waals surface area contributed by atoms with Gasteiger partial charge in [-0.25, -0.2) is 0 Å². The van der Waals surface area contributed by atoms with Gasteiger partial charge in [0, 0.05) is 17.7 Å². The molecule has 2 aromatic rings. The predicted molar refractivity (Wildman–Crippen MR) is 107 cm³/mol. The number of rotatable bonds is 9. The third-order valence-electron chi connectivity index (χ3n) is 4.11. The van der Waals surface area contributed by atoms with Crippen LogP contribution in [0.4, 0.5) is 5.69 Å². The van der Waals surface area contributed by atoms with Gasteiger partial charge in [0.1, 0.15) is 5.75 Å². The molecule has 1 atom stereocenters. The number of carbonyl (C=O) groups is 3. The molecule has 0 aromatic heterocycles. The number of esters is 1. The third kappa shape index (κ3) is 6.23. The van der Waals surface area contributed by atoms with Gasteiger partial charge in [0.05, 0.1) is 6.61 Å². The summed E-state index contributed by atoms with van der Waals surface area (Å²) in [6.45, 7) is 5.44. The smallest absolute Gasteiger partial charge is 0.306 e. The highest BCUT2D eigenvalue weighted by atomic mass is 16.5. The average molecular weight is 383 g/mol. The molecule has 2 aromatic carbocycles. The lowest BCUT2D eigenvalue weighted by Gasteiger charge is -2.14. The standard InChI is InChI=1S/C22H25NO5/c1-4-27-20-8-6-5-7-18(20)11-14-21(25)28-16(3)22(26)23-19-12-9-17(10-13-19)15(2)24/h5-10,12-13,16H,4,11,14H2,1-3H3,(H,23,26)/t16-/m1/s1. The van der Waals surface area contributed by atoms with E-state index in [9.17, 15) is 14.4 Å². The summed E-state index contributed by atoms with van der Waals surface area (Å²) >= 11 is 0. The van der Waals surface area contributed by atoms with E-state index in [4.69, 9.17) is 9.47 Å². The van der Waals surface area contributed by atoms with E-state index >= 15 is 0 Å². The Labute approximate surface area is 164 Å². The molecule has 28 heavy (non-hydrogen) atoms. The van der Waals surface area contributed by atoms with Crippen molar-refractivity contribution < 1.29 is 23.9 Å².